The second kappa shape index (κ2) is 5.27. The van der Waals surface area contributed by atoms with Crippen molar-refractivity contribution in [1.29, 1.82) is 0 Å². The molecule has 4 N–H and O–H groups in total. The van der Waals surface area contributed by atoms with Crippen LogP contribution in [0.1, 0.15) is 22.3 Å². The molecule has 0 unspecified atom stereocenters. The summed E-state index contributed by atoms with van der Waals surface area (Å²) in [6.45, 7) is 0. The number of carboxylic acid groups (broad SMARTS) is 2. The number of benzene rings is 1. The molecule has 0 aliphatic carbocycles. The van der Waals surface area contributed by atoms with Gasteiger partial charge in [-0.25, -0.2) is 4.79 Å². The molecule has 0 aliphatic rings. The molecule has 0 aromatic heterocycles. The first-order chi connectivity index (χ1) is 7.50. The van der Waals surface area contributed by atoms with Gasteiger partial charge in [0.1, 0.15) is 6.04 Å². The molecule has 5 heteroatoms. The van der Waals surface area contributed by atoms with Crippen LogP contribution in [-0.4, -0.2) is 28.2 Å². The molecule has 86 valence electrons. The lowest BCUT2D eigenvalue weighted by molar-refractivity contribution is -0.138. The number of rotatable bonds is 5. The van der Waals surface area contributed by atoms with E-state index in [1.807, 2.05) is 0 Å². The zero-order valence-corrected chi connectivity index (χ0v) is 8.59. The third-order valence-corrected chi connectivity index (χ3v) is 2.26. The Bertz CT molecular complexity index is 385. The maximum Gasteiger partial charge on any atom is 0.335 e. The molecule has 1 rings (SSSR count). The van der Waals surface area contributed by atoms with E-state index in [-0.39, 0.29) is 5.56 Å². The number of nitrogens with two attached hydrogens (primary N) is 1. The van der Waals surface area contributed by atoms with E-state index >= 15 is 0 Å². The first-order valence-corrected chi connectivity index (χ1v) is 4.81. The molecule has 0 aliphatic heterocycles. The van der Waals surface area contributed by atoms with Gasteiger partial charge in [-0.3, -0.25) is 4.79 Å². The predicted octanol–water partition coefficient (Wildman–Crippen LogP) is 0.729. The van der Waals surface area contributed by atoms with E-state index in [0.717, 1.165) is 5.56 Å². The lowest BCUT2D eigenvalue weighted by Gasteiger charge is -2.06. The van der Waals surface area contributed by atoms with Gasteiger partial charge in [-0.05, 0) is 30.5 Å². The number of hydrogen-bond acceptors (Lipinski definition) is 3. The molecule has 0 heterocycles. The van der Waals surface area contributed by atoms with Gasteiger partial charge in [0.05, 0.1) is 5.56 Å². The summed E-state index contributed by atoms with van der Waals surface area (Å²) in [7, 11) is 0. The van der Waals surface area contributed by atoms with Crippen molar-refractivity contribution in [2.24, 2.45) is 5.73 Å². The maximum absolute atomic E-state index is 10.6. The average Bonchev–Trinajstić information content (AvgIpc) is 2.26. The highest BCUT2D eigenvalue weighted by molar-refractivity contribution is 5.87. The Balaban J connectivity index is 2.56. The minimum atomic E-state index is -1.03. The number of aryl methyl sites for hydroxylation is 1. The lowest BCUT2D eigenvalue weighted by Crippen LogP contribution is -2.30. The highest BCUT2D eigenvalue weighted by atomic mass is 16.4. The van der Waals surface area contributed by atoms with Crippen molar-refractivity contribution < 1.29 is 19.8 Å². The Kier molecular flexibility index (Phi) is 4.02. The number of hydrogen-bond donors (Lipinski definition) is 3. The molecule has 16 heavy (non-hydrogen) atoms. The third kappa shape index (κ3) is 3.36. The molecule has 1 aromatic rings. The third-order valence-electron chi connectivity index (χ3n) is 2.26. The Morgan fingerprint density at radius 2 is 1.75 bits per heavy atom. The molecule has 0 saturated carbocycles. The van der Waals surface area contributed by atoms with Crippen LogP contribution in [0.3, 0.4) is 0 Å². The van der Waals surface area contributed by atoms with E-state index in [1.54, 1.807) is 12.1 Å². The van der Waals surface area contributed by atoms with Gasteiger partial charge in [-0.15, -0.1) is 0 Å². The topological polar surface area (TPSA) is 101 Å². The van der Waals surface area contributed by atoms with Crippen LogP contribution in [0.4, 0.5) is 0 Å². The molecule has 0 amide bonds. The van der Waals surface area contributed by atoms with E-state index < -0.39 is 18.0 Å². The summed E-state index contributed by atoms with van der Waals surface area (Å²) < 4.78 is 0. The van der Waals surface area contributed by atoms with E-state index in [0.29, 0.717) is 12.8 Å². The van der Waals surface area contributed by atoms with E-state index in [4.69, 9.17) is 15.9 Å². The Labute approximate surface area is 92.5 Å². The van der Waals surface area contributed by atoms with Gasteiger partial charge < -0.3 is 15.9 Å². The van der Waals surface area contributed by atoms with E-state index in [1.165, 1.54) is 12.1 Å². The average molecular weight is 223 g/mol. The summed E-state index contributed by atoms with van der Waals surface area (Å²) in [4.78, 5) is 21.0. The zero-order chi connectivity index (χ0) is 12.1. The Morgan fingerprint density at radius 1 is 1.19 bits per heavy atom. The minimum Gasteiger partial charge on any atom is -0.480 e. The first-order valence-electron chi connectivity index (χ1n) is 4.81. The Hall–Kier alpha value is -1.88. The molecule has 0 saturated heterocycles. The van der Waals surface area contributed by atoms with Gasteiger partial charge in [0, 0.05) is 0 Å². The molecule has 1 atom stereocenters. The summed E-state index contributed by atoms with van der Waals surface area (Å²) in [6.07, 6.45) is 0.856. The monoisotopic (exact) mass is 223 g/mol. The summed E-state index contributed by atoms with van der Waals surface area (Å²) in [6, 6.07) is 5.43. The maximum atomic E-state index is 10.6. The van der Waals surface area contributed by atoms with Crippen LogP contribution in [0.25, 0.3) is 0 Å². The molecule has 0 radical (unpaired) electrons. The smallest absolute Gasteiger partial charge is 0.335 e. The molecule has 1 aromatic carbocycles. The largest absolute Gasteiger partial charge is 0.480 e. The van der Waals surface area contributed by atoms with Crippen LogP contribution in [0.2, 0.25) is 0 Å². The molecule has 0 fully saturated rings. The van der Waals surface area contributed by atoms with Crippen molar-refractivity contribution in [3.05, 3.63) is 35.4 Å². The summed E-state index contributed by atoms with van der Waals surface area (Å²) in [5, 5.41) is 17.2. The van der Waals surface area contributed by atoms with Crippen LogP contribution >= 0.6 is 0 Å². The van der Waals surface area contributed by atoms with Crippen molar-refractivity contribution in [3.63, 3.8) is 0 Å². The second-order valence-corrected chi connectivity index (χ2v) is 3.49. The number of aliphatic carboxylic acids is 1. The van der Waals surface area contributed by atoms with Gasteiger partial charge in [0.15, 0.2) is 0 Å². The molecule has 5 nitrogen and oxygen atoms in total. The fraction of sp³-hybridized carbons (Fsp3) is 0.273. The van der Waals surface area contributed by atoms with Crippen molar-refractivity contribution >= 4 is 11.9 Å². The van der Waals surface area contributed by atoms with Crippen molar-refractivity contribution in [3.8, 4) is 0 Å². The number of carboxylic acids is 2. The molecular formula is C11H13NO4. The van der Waals surface area contributed by atoms with E-state index in [2.05, 4.69) is 0 Å². The predicted molar refractivity (Wildman–Crippen MR) is 57.3 cm³/mol. The van der Waals surface area contributed by atoms with Gasteiger partial charge in [-0.2, -0.15) is 0 Å². The standard InChI is InChI=1S/C11H13NO4/c12-9(11(15)16)6-3-7-1-4-8(5-2-7)10(13)14/h1-2,4-5,9H,3,6,12H2,(H,13,14)(H,15,16)/t9-/m0/s1. The number of carbonyl (C=O) groups is 2. The van der Waals surface area contributed by atoms with Crippen molar-refractivity contribution in [2.45, 2.75) is 18.9 Å². The van der Waals surface area contributed by atoms with Gasteiger partial charge in [-0.1, -0.05) is 12.1 Å². The van der Waals surface area contributed by atoms with Gasteiger partial charge >= 0.3 is 11.9 Å². The van der Waals surface area contributed by atoms with Crippen molar-refractivity contribution in [1.82, 2.24) is 0 Å². The lowest BCUT2D eigenvalue weighted by atomic mass is 10.0. The highest BCUT2D eigenvalue weighted by Gasteiger charge is 2.11. The van der Waals surface area contributed by atoms with Crippen LogP contribution in [0, 0.1) is 0 Å². The normalized spacial score (nSPS) is 12.1. The van der Waals surface area contributed by atoms with Gasteiger partial charge in [0.25, 0.3) is 0 Å². The summed E-state index contributed by atoms with van der Waals surface area (Å²) in [5.74, 6) is -2.00. The summed E-state index contributed by atoms with van der Waals surface area (Å²) >= 11 is 0. The highest BCUT2D eigenvalue weighted by Crippen LogP contribution is 2.07. The molecular weight excluding hydrogens is 210 g/mol. The minimum absolute atomic E-state index is 0.214. The van der Waals surface area contributed by atoms with Gasteiger partial charge in [0.2, 0.25) is 0 Å². The number of aromatic carboxylic acids is 1. The SMILES string of the molecule is N[C@@H](CCc1ccc(C(=O)O)cc1)C(=O)O. The molecule has 0 spiro atoms. The van der Waals surface area contributed by atoms with Crippen LogP contribution in [0.15, 0.2) is 24.3 Å². The second-order valence-electron chi connectivity index (χ2n) is 3.49. The molecule has 0 bridgehead atoms. The first kappa shape index (κ1) is 12.2. The zero-order valence-electron chi connectivity index (χ0n) is 8.59. The Morgan fingerprint density at radius 3 is 2.19 bits per heavy atom. The van der Waals surface area contributed by atoms with Crippen LogP contribution < -0.4 is 5.73 Å². The van der Waals surface area contributed by atoms with E-state index in [9.17, 15) is 9.59 Å². The fourth-order valence-electron chi connectivity index (χ4n) is 1.26. The summed E-state index contributed by atoms with van der Waals surface area (Å²) in [5.41, 5.74) is 6.44. The van der Waals surface area contributed by atoms with Crippen LogP contribution in [0.5, 0.6) is 0 Å². The van der Waals surface area contributed by atoms with Crippen molar-refractivity contribution in [2.75, 3.05) is 0 Å². The quantitative estimate of drug-likeness (QED) is 0.683. The fourth-order valence-corrected chi connectivity index (χ4v) is 1.26. The van der Waals surface area contributed by atoms with Crippen LogP contribution in [-0.2, 0) is 11.2 Å².